The van der Waals surface area contributed by atoms with Crippen LogP contribution < -0.4 is 9.47 Å². The van der Waals surface area contributed by atoms with Crippen molar-refractivity contribution in [2.45, 2.75) is 19.3 Å². The van der Waals surface area contributed by atoms with E-state index in [1.165, 1.54) is 4.90 Å². The summed E-state index contributed by atoms with van der Waals surface area (Å²) in [6.45, 7) is 1.42. The Labute approximate surface area is 150 Å². The number of methoxy groups -OCH3 is 1. The summed E-state index contributed by atoms with van der Waals surface area (Å²) in [7, 11) is 3.16. The lowest BCUT2D eigenvalue weighted by atomic mass is 10.1. The Kier molecular flexibility index (Phi) is 4.00. The van der Waals surface area contributed by atoms with Crippen molar-refractivity contribution >= 4 is 17.6 Å². The highest BCUT2D eigenvalue weighted by Crippen LogP contribution is 2.42. The van der Waals surface area contributed by atoms with Crippen molar-refractivity contribution in [1.82, 2.24) is 19.4 Å². The standard InChI is InChI=1S/C17H19N5O4/c1-20-15(23)16(24)22-9-11-12(19-17(20)22)3-4-13(14(11)25-2)26-8-7-21-6-5-18-10-21/h3-6,10,16,24H,7-9H2,1-2H3. The van der Waals surface area contributed by atoms with E-state index in [-0.39, 0.29) is 0 Å². The molecule has 0 radical (unpaired) electrons. The number of aliphatic hydroxyl groups is 1. The first-order valence-electron chi connectivity index (χ1n) is 8.19. The zero-order valence-corrected chi connectivity index (χ0v) is 14.5. The molecule has 1 fully saturated rings. The van der Waals surface area contributed by atoms with Crippen molar-refractivity contribution in [3.63, 3.8) is 0 Å². The summed E-state index contributed by atoms with van der Waals surface area (Å²) in [5.74, 6) is 1.20. The van der Waals surface area contributed by atoms with Gasteiger partial charge in [-0.2, -0.15) is 0 Å². The number of imidazole rings is 1. The number of fused-ring (bicyclic) bond motifs is 2. The Morgan fingerprint density at radius 2 is 2.23 bits per heavy atom. The van der Waals surface area contributed by atoms with Crippen molar-refractivity contribution in [3.05, 3.63) is 36.4 Å². The predicted molar refractivity (Wildman–Crippen MR) is 92.1 cm³/mol. The number of amides is 1. The van der Waals surface area contributed by atoms with Gasteiger partial charge in [0.2, 0.25) is 12.2 Å². The SMILES string of the molecule is COc1c(OCCn2ccnc2)ccc2c1CN1C(=N2)N(C)C(=O)C1O. The summed E-state index contributed by atoms with van der Waals surface area (Å²) in [5, 5.41) is 10.1. The van der Waals surface area contributed by atoms with E-state index >= 15 is 0 Å². The molecule has 0 bridgehead atoms. The fourth-order valence-electron chi connectivity index (χ4n) is 3.15. The van der Waals surface area contributed by atoms with Crippen molar-refractivity contribution in [1.29, 1.82) is 0 Å². The van der Waals surface area contributed by atoms with E-state index in [0.29, 0.717) is 42.8 Å². The lowest BCUT2D eigenvalue weighted by molar-refractivity contribution is -0.136. The zero-order chi connectivity index (χ0) is 18.3. The molecule has 9 heteroatoms. The number of hydrogen-bond donors (Lipinski definition) is 1. The van der Waals surface area contributed by atoms with E-state index in [0.717, 1.165) is 5.56 Å². The first-order valence-corrected chi connectivity index (χ1v) is 8.19. The van der Waals surface area contributed by atoms with Crippen LogP contribution in [0.5, 0.6) is 11.5 Å². The molecular formula is C17H19N5O4. The molecule has 9 nitrogen and oxygen atoms in total. The fourth-order valence-corrected chi connectivity index (χ4v) is 3.15. The Morgan fingerprint density at radius 1 is 1.38 bits per heavy atom. The third kappa shape index (κ3) is 2.57. The second-order valence-electron chi connectivity index (χ2n) is 6.05. The van der Waals surface area contributed by atoms with Gasteiger partial charge in [0.15, 0.2) is 11.5 Å². The monoisotopic (exact) mass is 357 g/mol. The number of guanidine groups is 1. The van der Waals surface area contributed by atoms with Gasteiger partial charge in [-0.1, -0.05) is 0 Å². The second kappa shape index (κ2) is 6.34. The van der Waals surface area contributed by atoms with Crippen LogP contribution in [0, 0.1) is 0 Å². The summed E-state index contributed by atoms with van der Waals surface area (Å²) < 4.78 is 13.3. The minimum absolute atomic E-state index is 0.313. The van der Waals surface area contributed by atoms with E-state index < -0.39 is 12.1 Å². The predicted octanol–water partition coefficient (Wildman–Crippen LogP) is 0.564. The maximum atomic E-state index is 12.0. The number of aromatic nitrogens is 2. The Bertz CT molecular complexity index is 864. The summed E-state index contributed by atoms with van der Waals surface area (Å²) in [5.41, 5.74) is 1.47. The molecule has 0 aliphatic carbocycles. The van der Waals surface area contributed by atoms with Crippen LogP contribution in [-0.2, 0) is 17.9 Å². The normalized spacial score (nSPS) is 18.5. The van der Waals surface area contributed by atoms with E-state index in [2.05, 4.69) is 9.98 Å². The topological polar surface area (TPSA) is 92.4 Å². The van der Waals surface area contributed by atoms with Crippen LogP contribution in [0.25, 0.3) is 0 Å². The van der Waals surface area contributed by atoms with Gasteiger partial charge >= 0.3 is 0 Å². The molecule has 1 atom stereocenters. The van der Waals surface area contributed by atoms with Gasteiger partial charge in [0.25, 0.3) is 5.91 Å². The third-order valence-corrected chi connectivity index (χ3v) is 4.52. The number of aliphatic hydroxyl groups excluding tert-OH is 1. The van der Waals surface area contributed by atoms with Crippen molar-refractivity contribution < 1.29 is 19.4 Å². The second-order valence-corrected chi connectivity index (χ2v) is 6.05. The number of aliphatic imine (C=N–C) groups is 1. The van der Waals surface area contributed by atoms with E-state index in [1.807, 2.05) is 16.8 Å². The lowest BCUT2D eigenvalue weighted by Crippen LogP contribution is -2.37. The van der Waals surface area contributed by atoms with Crippen LogP contribution in [0.3, 0.4) is 0 Å². The first-order chi connectivity index (χ1) is 12.6. The van der Waals surface area contributed by atoms with Crippen LogP contribution in [0.2, 0.25) is 0 Å². The van der Waals surface area contributed by atoms with Gasteiger partial charge in [-0.3, -0.25) is 9.69 Å². The number of benzene rings is 1. The minimum atomic E-state index is -1.23. The van der Waals surface area contributed by atoms with Gasteiger partial charge in [0, 0.05) is 25.0 Å². The number of likely N-dealkylation sites (N-methyl/N-ethyl adjacent to an activating group) is 1. The van der Waals surface area contributed by atoms with Crippen molar-refractivity contribution in [2.75, 3.05) is 20.8 Å². The number of rotatable bonds is 5. The molecule has 1 N–H and O–H groups in total. The van der Waals surface area contributed by atoms with Crippen LogP contribution in [0.4, 0.5) is 5.69 Å². The molecular weight excluding hydrogens is 338 g/mol. The molecule has 0 saturated carbocycles. The molecule has 26 heavy (non-hydrogen) atoms. The van der Waals surface area contributed by atoms with Crippen LogP contribution in [-0.4, -0.2) is 63.3 Å². The Morgan fingerprint density at radius 3 is 2.96 bits per heavy atom. The summed E-state index contributed by atoms with van der Waals surface area (Å²) >= 11 is 0. The van der Waals surface area contributed by atoms with Gasteiger partial charge in [0.1, 0.15) is 6.61 Å². The molecule has 1 aromatic heterocycles. The van der Waals surface area contributed by atoms with Gasteiger partial charge in [-0.05, 0) is 12.1 Å². The highest BCUT2D eigenvalue weighted by Gasteiger charge is 2.43. The molecule has 136 valence electrons. The Hall–Kier alpha value is -3.07. The average Bonchev–Trinajstić information content (AvgIpc) is 3.24. The maximum absolute atomic E-state index is 12.0. The summed E-state index contributed by atoms with van der Waals surface area (Å²) in [4.78, 5) is 23.4. The highest BCUT2D eigenvalue weighted by atomic mass is 16.5. The van der Waals surface area contributed by atoms with Gasteiger partial charge in [-0.25, -0.2) is 9.98 Å². The van der Waals surface area contributed by atoms with Crippen LogP contribution in [0.1, 0.15) is 5.56 Å². The fraction of sp³-hybridized carbons (Fsp3) is 0.353. The molecule has 1 aromatic carbocycles. The molecule has 1 saturated heterocycles. The number of ether oxygens (including phenoxy) is 2. The van der Waals surface area contributed by atoms with Crippen LogP contribution >= 0.6 is 0 Å². The number of carbonyl (C=O) groups excluding carboxylic acids is 1. The minimum Gasteiger partial charge on any atom is -0.492 e. The molecule has 4 rings (SSSR count). The number of nitrogens with zero attached hydrogens (tertiary/aromatic N) is 5. The third-order valence-electron chi connectivity index (χ3n) is 4.52. The van der Waals surface area contributed by atoms with Crippen LogP contribution in [0.15, 0.2) is 35.8 Å². The smallest absolute Gasteiger partial charge is 0.279 e. The van der Waals surface area contributed by atoms with Gasteiger partial charge < -0.3 is 24.0 Å². The molecule has 1 unspecified atom stereocenters. The quantitative estimate of drug-likeness (QED) is 0.841. The maximum Gasteiger partial charge on any atom is 0.279 e. The highest BCUT2D eigenvalue weighted by molar-refractivity contribution is 6.06. The molecule has 0 spiro atoms. The molecule has 3 heterocycles. The number of hydrogen-bond acceptors (Lipinski definition) is 7. The first kappa shape index (κ1) is 16.4. The lowest BCUT2D eigenvalue weighted by Gasteiger charge is -2.28. The molecule has 2 aromatic rings. The van der Waals surface area contributed by atoms with E-state index in [1.54, 1.807) is 37.6 Å². The zero-order valence-electron chi connectivity index (χ0n) is 14.5. The van der Waals surface area contributed by atoms with Crippen molar-refractivity contribution in [2.24, 2.45) is 4.99 Å². The molecule has 1 amide bonds. The summed E-state index contributed by atoms with van der Waals surface area (Å²) in [6.07, 6.45) is 4.08. The van der Waals surface area contributed by atoms with Gasteiger partial charge in [0.05, 0.1) is 32.2 Å². The van der Waals surface area contributed by atoms with E-state index in [9.17, 15) is 9.90 Å². The Balaban J connectivity index is 1.59. The number of carbonyl (C=O) groups is 1. The molecule has 2 aliphatic heterocycles. The van der Waals surface area contributed by atoms with Crippen molar-refractivity contribution in [3.8, 4) is 11.5 Å². The summed E-state index contributed by atoms with van der Waals surface area (Å²) in [6, 6.07) is 3.64. The average molecular weight is 357 g/mol. The van der Waals surface area contributed by atoms with E-state index in [4.69, 9.17) is 9.47 Å². The molecule has 2 aliphatic rings. The largest absolute Gasteiger partial charge is 0.492 e. The van der Waals surface area contributed by atoms with Gasteiger partial charge in [-0.15, -0.1) is 0 Å².